The van der Waals surface area contributed by atoms with Crippen molar-refractivity contribution in [1.29, 1.82) is 0 Å². The lowest BCUT2D eigenvalue weighted by Crippen LogP contribution is -1.92. The monoisotopic (exact) mass is 160 g/mol. The summed E-state index contributed by atoms with van der Waals surface area (Å²) < 4.78 is 9.27. The van der Waals surface area contributed by atoms with E-state index >= 15 is 0 Å². The third-order valence-electron chi connectivity index (χ3n) is 0.908. The Labute approximate surface area is 62.5 Å². The first kappa shape index (κ1) is 7.15. The number of carbonyl (C=O) groups excluding carboxylic acids is 1. The van der Waals surface area contributed by atoms with E-state index in [-0.39, 0.29) is 6.61 Å². The van der Waals surface area contributed by atoms with Crippen LogP contribution in [0.4, 0.5) is 4.79 Å². The number of ether oxygens (including phenoxy) is 1. The van der Waals surface area contributed by atoms with Gasteiger partial charge < -0.3 is 9.15 Å². The summed E-state index contributed by atoms with van der Waals surface area (Å²) in [4.78, 5) is 10.0. The van der Waals surface area contributed by atoms with E-state index in [0.29, 0.717) is 5.76 Å². The molecule has 0 unspecified atom stereocenters. The molecule has 4 heteroatoms. The second-order valence-corrected chi connectivity index (χ2v) is 1.91. The first-order chi connectivity index (χ1) is 4.79. The molecule has 1 aromatic heterocycles. The van der Waals surface area contributed by atoms with E-state index in [9.17, 15) is 4.79 Å². The van der Waals surface area contributed by atoms with Crippen molar-refractivity contribution < 1.29 is 13.9 Å². The van der Waals surface area contributed by atoms with Crippen molar-refractivity contribution in [3.05, 3.63) is 24.2 Å². The van der Waals surface area contributed by atoms with Crippen LogP contribution in [-0.2, 0) is 11.3 Å². The highest BCUT2D eigenvalue weighted by Gasteiger charge is 1.98. The van der Waals surface area contributed by atoms with Crippen molar-refractivity contribution in [3.8, 4) is 0 Å². The van der Waals surface area contributed by atoms with Crippen LogP contribution < -0.4 is 0 Å². The van der Waals surface area contributed by atoms with Crippen molar-refractivity contribution in [3.63, 3.8) is 0 Å². The number of halogens is 1. The molecule has 0 aliphatic heterocycles. The fourth-order valence-electron chi connectivity index (χ4n) is 0.523. The molecule has 0 saturated heterocycles. The van der Waals surface area contributed by atoms with E-state index in [0.717, 1.165) is 0 Å². The van der Waals surface area contributed by atoms with Gasteiger partial charge in [-0.15, -0.1) is 0 Å². The fraction of sp³-hybridized carbons (Fsp3) is 0.167. The SMILES string of the molecule is O=C(Cl)OCc1ccco1. The van der Waals surface area contributed by atoms with Gasteiger partial charge in [0.25, 0.3) is 0 Å². The van der Waals surface area contributed by atoms with Gasteiger partial charge in [0.05, 0.1) is 6.26 Å². The van der Waals surface area contributed by atoms with Crippen LogP contribution in [0.5, 0.6) is 0 Å². The molecule has 0 bridgehead atoms. The highest BCUT2D eigenvalue weighted by Crippen LogP contribution is 2.02. The number of hydrogen-bond acceptors (Lipinski definition) is 3. The van der Waals surface area contributed by atoms with Crippen molar-refractivity contribution >= 4 is 17.0 Å². The fourth-order valence-corrected chi connectivity index (χ4v) is 0.577. The van der Waals surface area contributed by atoms with Gasteiger partial charge in [0.1, 0.15) is 5.76 Å². The minimum absolute atomic E-state index is 0.0926. The van der Waals surface area contributed by atoms with E-state index in [1.54, 1.807) is 12.1 Å². The zero-order chi connectivity index (χ0) is 7.40. The molecule has 0 aliphatic carbocycles. The van der Waals surface area contributed by atoms with E-state index in [1.807, 2.05) is 0 Å². The third-order valence-corrected chi connectivity index (χ3v) is 1.02. The largest absolute Gasteiger partial charge is 0.466 e. The lowest BCUT2D eigenvalue weighted by atomic mass is 10.5. The summed E-state index contributed by atoms with van der Waals surface area (Å²) in [5, 5.41) is 0. The van der Waals surface area contributed by atoms with Gasteiger partial charge in [-0.1, -0.05) is 0 Å². The normalized spacial score (nSPS) is 9.30. The highest BCUT2D eigenvalue weighted by molar-refractivity contribution is 6.61. The third kappa shape index (κ3) is 2.11. The predicted molar refractivity (Wildman–Crippen MR) is 34.7 cm³/mol. The molecule has 0 atom stereocenters. The van der Waals surface area contributed by atoms with Gasteiger partial charge in [-0.05, 0) is 12.1 Å². The highest BCUT2D eigenvalue weighted by atomic mass is 35.5. The molecule has 54 valence electrons. The smallest absolute Gasteiger partial charge is 0.404 e. The van der Waals surface area contributed by atoms with Crippen LogP contribution in [0.25, 0.3) is 0 Å². The average Bonchev–Trinajstić information content (AvgIpc) is 2.34. The minimum atomic E-state index is -0.823. The molecular weight excluding hydrogens is 156 g/mol. The number of furan rings is 1. The van der Waals surface area contributed by atoms with Crippen LogP contribution in [0.2, 0.25) is 0 Å². The molecule has 0 saturated carbocycles. The van der Waals surface area contributed by atoms with E-state index in [1.165, 1.54) is 6.26 Å². The molecule has 10 heavy (non-hydrogen) atoms. The summed E-state index contributed by atoms with van der Waals surface area (Å²) in [6.07, 6.45) is 1.50. The second kappa shape index (κ2) is 3.27. The van der Waals surface area contributed by atoms with Gasteiger partial charge in [0.2, 0.25) is 0 Å². The van der Waals surface area contributed by atoms with Crippen LogP contribution in [0.3, 0.4) is 0 Å². The van der Waals surface area contributed by atoms with E-state index in [4.69, 9.17) is 16.0 Å². The van der Waals surface area contributed by atoms with Crippen molar-refractivity contribution in [2.45, 2.75) is 6.61 Å². The van der Waals surface area contributed by atoms with Gasteiger partial charge in [-0.3, -0.25) is 0 Å². The molecule has 0 radical (unpaired) electrons. The number of hydrogen-bond donors (Lipinski definition) is 0. The van der Waals surface area contributed by atoms with Crippen LogP contribution in [0.15, 0.2) is 22.8 Å². The summed E-state index contributed by atoms with van der Waals surface area (Å²) in [5.41, 5.74) is -0.823. The Balaban J connectivity index is 2.35. The Hall–Kier alpha value is -0.960. The van der Waals surface area contributed by atoms with Crippen molar-refractivity contribution in [1.82, 2.24) is 0 Å². The van der Waals surface area contributed by atoms with Crippen LogP contribution in [0.1, 0.15) is 5.76 Å². The number of rotatable bonds is 2. The first-order valence-electron chi connectivity index (χ1n) is 2.63. The lowest BCUT2D eigenvalue weighted by Gasteiger charge is -1.93. The van der Waals surface area contributed by atoms with Gasteiger partial charge >= 0.3 is 5.43 Å². The first-order valence-corrected chi connectivity index (χ1v) is 3.01. The maximum absolute atomic E-state index is 10.0. The molecule has 1 heterocycles. The topological polar surface area (TPSA) is 39.4 Å². The Morgan fingerprint density at radius 2 is 2.60 bits per heavy atom. The van der Waals surface area contributed by atoms with Crippen LogP contribution in [0, 0.1) is 0 Å². The average molecular weight is 161 g/mol. The summed E-state index contributed by atoms with van der Waals surface area (Å²) in [6, 6.07) is 3.40. The van der Waals surface area contributed by atoms with Crippen molar-refractivity contribution in [2.75, 3.05) is 0 Å². The molecule has 0 spiro atoms. The second-order valence-electron chi connectivity index (χ2n) is 1.61. The quantitative estimate of drug-likeness (QED) is 0.623. The summed E-state index contributed by atoms with van der Waals surface area (Å²) in [5.74, 6) is 0.578. The van der Waals surface area contributed by atoms with Crippen LogP contribution >= 0.6 is 11.6 Å². The maximum atomic E-state index is 10.0. The van der Waals surface area contributed by atoms with Gasteiger partial charge in [0, 0.05) is 11.6 Å². The van der Waals surface area contributed by atoms with E-state index in [2.05, 4.69) is 4.74 Å². The minimum Gasteiger partial charge on any atom is -0.466 e. The summed E-state index contributed by atoms with van der Waals surface area (Å²) >= 11 is 4.89. The molecule has 1 rings (SSSR count). The van der Waals surface area contributed by atoms with Gasteiger partial charge in [0.15, 0.2) is 6.61 Å². The molecule has 0 amide bonds. The van der Waals surface area contributed by atoms with Crippen molar-refractivity contribution in [2.24, 2.45) is 0 Å². The predicted octanol–water partition coefficient (Wildman–Crippen LogP) is 2.16. The molecule has 0 N–H and O–H groups in total. The van der Waals surface area contributed by atoms with Gasteiger partial charge in [-0.25, -0.2) is 4.79 Å². The zero-order valence-corrected chi connectivity index (χ0v) is 5.80. The Morgan fingerprint density at radius 3 is 3.10 bits per heavy atom. The molecule has 0 aromatic carbocycles. The standard InChI is InChI=1S/C6H5ClO3/c7-6(8)10-4-5-2-1-3-9-5/h1-3H,4H2. The Morgan fingerprint density at radius 1 is 1.80 bits per heavy atom. The van der Waals surface area contributed by atoms with Gasteiger partial charge in [-0.2, -0.15) is 0 Å². The molecular formula is C6H5ClO3. The molecule has 0 aliphatic rings. The molecule has 1 aromatic rings. The summed E-state index contributed by atoms with van der Waals surface area (Å²) in [7, 11) is 0. The molecule has 0 fully saturated rings. The zero-order valence-electron chi connectivity index (χ0n) is 5.04. The van der Waals surface area contributed by atoms with Crippen LogP contribution in [-0.4, -0.2) is 5.43 Å². The maximum Gasteiger partial charge on any atom is 0.404 e. The summed E-state index contributed by atoms with van der Waals surface area (Å²) in [6.45, 7) is 0.0926. The van der Waals surface area contributed by atoms with E-state index < -0.39 is 5.43 Å². The lowest BCUT2D eigenvalue weighted by molar-refractivity contribution is 0.157. The molecule has 3 nitrogen and oxygen atoms in total. The number of carbonyl (C=O) groups is 1. The Kier molecular flexibility index (Phi) is 2.34. The Bertz CT molecular complexity index is 205.